The number of rotatable bonds is 9. The van der Waals surface area contributed by atoms with Gasteiger partial charge in [-0.1, -0.05) is 6.42 Å². The van der Waals surface area contributed by atoms with Gasteiger partial charge in [-0.2, -0.15) is 0 Å². The van der Waals surface area contributed by atoms with E-state index in [0.717, 1.165) is 79.1 Å². The molecule has 2 N–H and O–H groups in total. The third-order valence-electron chi connectivity index (χ3n) is 6.72. The van der Waals surface area contributed by atoms with Crippen molar-refractivity contribution in [1.29, 1.82) is 0 Å². The first-order valence-electron chi connectivity index (χ1n) is 11.4. The van der Waals surface area contributed by atoms with E-state index in [4.69, 9.17) is 9.47 Å². The number of nitrogens with one attached hydrogen (secondary N) is 2. The van der Waals surface area contributed by atoms with E-state index in [1.54, 1.807) is 6.07 Å². The fraction of sp³-hybridized carbons (Fsp3) is 0.480. The number of halogens is 1. The predicted octanol–water partition coefficient (Wildman–Crippen LogP) is 5.09. The van der Waals surface area contributed by atoms with Crippen LogP contribution in [0.15, 0.2) is 35.2 Å². The molecule has 178 valence electrons. The van der Waals surface area contributed by atoms with E-state index in [2.05, 4.69) is 22.0 Å². The SMILES string of the molecule is CNc1c(OC2CCN(C)CC2)cc(NSc2ccc(F)cc2OC)cc1C1(C=O)CCC1. The van der Waals surface area contributed by atoms with Crippen molar-refractivity contribution < 1.29 is 18.7 Å². The number of ether oxygens (including phenoxy) is 2. The van der Waals surface area contributed by atoms with Crippen LogP contribution in [0.5, 0.6) is 11.5 Å². The molecular formula is C25H32FN3O3S. The van der Waals surface area contributed by atoms with Crippen LogP contribution < -0.4 is 19.5 Å². The molecule has 1 aliphatic carbocycles. The molecule has 0 bridgehead atoms. The van der Waals surface area contributed by atoms with E-state index in [-0.39, 0.29) is 11.9 Å². The minimum atomic E-state index is -0.487. The Labute approximate surface area is 199 Å². The summed E-state index contributed by atoms with van der Waals surface area (Å²) >= 11 is 1.34. The smallest absolute Gasteiger partial charge is 0.145 e. The van der Waals surface area contributed by atoms with Crippen LogP contribution in [0.25, 0.3) is 0 Å². The van der Waals surface area contributed by atoms with Crippen molar-refractivity contribution in [3.63, 3.8) is 0 Å². The van der Waals surface area contributed by atoms with Crippen LogP contribution in [0.2, 0.25) is 0 Å². The first kappa shape index (κ1) is 23.7. The lowest BCUT2D eigenvalue weighted by Gasteiger charge is -2.39. The number of likely N-dealkylation sites (tertiary alicyclic amines) is 1. The Morgan fingerprint density at radius 2 is 1.94 bits per heavy atom. The van der Waals surface area contributed by atoms with Gasteiger partial charge in [0, 0.05) is 38.0 Å². The molecule has 0 radical (unpaired) electrons. The Hall–Kier alpha value is -2.45. The number of anilines is 2. The predicted molar refractivity (Wildman–Crippen MR) is 131 cm³/mol. The number of hydrogen-bond donors (Lipinski definition) is 2. The summed E-state index contributed by atoms with van der Waals surface area (Å²) in [6.45, 7) is 2.01. The molecule has 0 amide bonds. The van der Waals surface area contributed by atoms with Gasteiger partial charge in [0.1, 0.15) is 29.7 Å². The quantitative estimate of drug-likeness (QED) is 0.389. The summed E-state index contributed by atoms with van der Waals surface area (Å²) in [4.78, 5) is 15.2. The maximum Gasteiger partial charge on any atom is 0.145 e. The molecule has 1 aliphatic heterocycles. The maximum atomic E-state index is 13.6. The van der Waals surface area contributed by atoms with Crippen molar-refractivity contribution in [2.75, 3.05) is 44.3 Å². The summed E-state index contributed by atoms with van der Waals surface area (Å²) in [6, 6.07) is 8.47. The van der Waals surface area contributed by atoms with Gasteiger partial charge in [0.25, 0.3) is 0 Å². The maximum absolute atomic E-state index is 13.6. The van der Waals surface area contributed by atoms with Gasteiger partial charge in [0.2, 0.25) is 0 Å². The van der Waals surface area contributed by atoms with Crippen LogP contribution in [0.4, 0.5) is 15.8 Å². The molecule has 1 saturated carbocycles. The van der Waals surface area contributed by atoms with Crippen molar-refractivity contribution in [1.82, 2.24) is 4.90 Å². The van der Waals surface area contributed by atoms with Crippen molar-refractivity contribution in [2.45, 2.75) is 48.5 Å². The molecule has 6 nitrogen and oxygen atoms in total. The number of carbonyl (C=O) groups is 1. The molecule has 0 aromatic heterocycles. The largest absolute Gasteiger partial charge is 0.495 e. The Morgan fingerprint density at radius 3 is 2.55 bits per heavy atom. The molecule has 2 fully saturated rings. The minimum absolute atomic E-state index is 0.134. The molecule has 1 saturated heterocycles. The topological polar surface area (TPSA) is 62.8 Å². The zero-order valence-corrected chi connectivity index (χ0v) is 20.3. The van der Waals surface area contributed by atoms with Gasteiger partial charge >= 0.3 is 0 Å². The highest BCUT2D eigenvalue weighted by Gasteiger charge is 2.41. The molecule has 0 atom stereocenters. The first-order chi connectivity index (χ1) is 16.0. The summed E-state index contributed by atoms with van der Waals surface area (Å²) in [5.74, 6) is 0.876. The second kappa shape index (κ2) is 10.2. The lowest BCUT2D eigenvalue weighted by atomic mass is 9.65. The Bertz CT molecular complexity index is 991. The summed E-state index contributed by atoms with van der Waals surface area (Å²) in [5, 5.41) is 3.31. The van der Waals surface area contributed by atoms with Gasteiger partial charge in [-0.05, 0) is 68.4 Å². The third-order valence-corrected chi connectivity index (χ3v) is 7.62. The fourth-order valence-electron chi connectivity index (χ4n) is 4.55. The molecule has 2 aromatic rings. The number of carbonyl (C=O) groups excluding carboxylic acids is 1. The molecular weight excluding hydrogens is 441 g/mol. The lowest BCUT2D eigenvalue weighted by Crippen LogP contribution is -2.37. The van der Waals surface area contributed by atoms with Crippen LogP contribution in [-0.4, -0.2) is 51.6 Å². The highest BCUT2D eigenvalue weighted by Crippen LogP contribution is 2.49. The van der Waals surface area contributed by atoms with Crippen molar-refractivity contribution in [3.05, 3.63) is 41.7 Å². The van der Waals surface area contributed by atoms with Crippen LogP contribution >= 0.6 is 11.9 Å². The number of nitrogens with zero attached hydrogens (tertiary/aromatic N) is 1. The van der Waals surface area contributed by atoms with E-state index in [1.165, 1.54) is 31.2 Å². The summed E-state index contributed by atoms with van der Waals surface area (Å²) < 4.78 is 28.8. The number of piperidine rings is 1. The Balaban J connectivity index is 1.65. The van der Waals surface area contributed by atoms with Gasteiger partial charge in [-0.15, -0.1) is 0 Å². The average Bonchev–Trinajstić information content (AvgIpc) is 2.79. The van der Waals surface area contributed by atoms with Gasteiger partial charge in [0.05, 0.1) is 23.1 Å². The van der Waals surface area contributed by atoms with Crippen molar-refractivity contribution in [2.24, 2.45) is 0 Å². The Morgan fingerprint density at radius 1 is 1.18 bits per heavy atom. The van der Waals surface area contributed by atoms with Crippen LogP contribution in [0.3, 0.4) is 0 Å². The van der Waals surface area contributed by atoms with E-state index < -0.39 is 5.41 Å². The molecule has 8 heteroatoms. The van der Waals surface area contributed by atoms with Gasteiger partial charge in [0.15, 0.2) is 0 Å². The van der Waals surface area contributed by atoms with Gasteiger partial charge < -0.3 is 29.2 Å². The fourth-order valence-corrected chi connectivity index (χ4v) is 5.27. The number of benzene rings is 2. The third kappa shape index (κ3) is 5.06. The van der Waals surface area contributed by atoms with E-state index in [0.29, 0.717) is 5.75 Å². The van der Waals surface area contributed by atoms with E-state index >= 15 is 0 Å². The molecule has 2 aliphatic rings. The molecule has 1 heterocycles. The number of aldehydes is 1. The molecule has 2 aromatic carbocycles. The van der Waals surface area contributed by atoms with E-state index in [9.17, 15) is 9.18 Å². The number of methoxy groups -OCH3 is 1. The number of hydrogen-bond acceptors (Lipinski definition) is 7. The van der Waals surface area contributed by atoms with Crippen LogP contribution in [0, 0.1) is 5.82 Å². The van der Waals surface area contributed by atoms with Crippen molar-refractivity contribution in [3.8, 4) is 11.5 Å². The van der Waals surface area contributed by atoms with Crippen LogP contribution in [0.1, 0.15) is 37.7 Å². The molecule has 0 unspecified atom stereocenters. The molecule has 0 spiro atoms. The zero-order valence-electron chi connectivity index (χ0n) is 19.4. The standard InChI is InChI=1S/C25H32FN3O3S/c1-27-24-20(25(16-30)9-4-10-25)14-18(15-22(24)32-19-7-11-29(2)12-8-19)28-33-23-6-5-17(26)13-21(23)31-3/h5-6,13-16,19,27-28H,4,7-12H2,1-3H3. The second-order valence-corrected chi connectivity index (χ2v) is 9.74. The summed E-state index contributed by atoms with van der Waals surface area (Å²) in [5.41, 5.74) is 2.19. The lowest BCUT2D eigenvalue weighted by molar-refractivity contribution is -0.115. The normalized spacial score (nSPS) is 18.3. The first-order valence-corrected chi connectivity index (χ1v) is 12.2. The van der Waals surface area contributed by atoms with Crippen molar-refractivity contribution >= 4 is 29.6 Å². The van der Waals surface area contributed by atoms with Gasteiger partial charge in [-0.3, -0.25) is 0 Å². The molecule has 33 heavy (non-hydrogen) atoms. The monoisotopic (exact) mass is 473 g/mol. The zero-order chi connectivity index (χ0) is 23.4. The summed E-state index contributed by atoms with van der Waals surface area (Å²) in [7, 11) is 5.53. The molecule has 4 rings (SSSR count). The average molecular weight is 474 g/mol. The summed E-state index contributed by atoms with van der Waals surface area (Å²) in [6.07, 6.45) is 5.86. The Kier molecular flexibility index (Phi) is 7.34. The highest BCUT2D eigenvalue weighted by atomic mass is 32.2. The van der Waals surface area contributed by atoms with E-state index in [1.807, 2.05) is 19.2 Å². The highest BCUT2D eigenvalue weighted by molar-refractivity contribution is 8.00. The van der Waals surface area contributed by atoms with Gasteiger partial charge in [-0.25, -0.2) is 4.39 Å². The second-order valence-electron chi connectivity index (χ2n) is 8.89. The van der Waals surface area contributed by atoms with Crippen LogP contribution in [-0.2, 0) is 10.2 Å². The minimum Gasteiger partial charge on any atom is -0.495 e.